The summed E-state index contributed by atoms with van der Waals surface area (Å²) in [5.41, 5.74) is 0. The third-order valence-corrected chi connectivity index (χ3v) is 8.99. The minimum atomic E-state index is -3.92. The monoisotopic (exact) mass is 789 g/mol. The van der Waals surface area contributed by atoms with Crippen LogP contribution in [0.1, 0.15) is 116 Å². The van der Waals surface area contributed by atoms with Gasteiger partial charge in [-0.1, -0.05) is 103 Å². The first-order valence-corrected chi connectivity index (χ1v) is 22.4. The first kappa shape index (κ1) is 52.5. The molecule has 0 aromatic heterocycles. The Balaban J connectivity index is 3.06. The maximum Gasteiger partial charge on any atom is 0.264 e. The predicted molar refractivity (Wildman–Crippen MR) is 209 cm³/mol. The molecular weight excluding hydrogens is 708 g/mol. The van der Waals surface area contributed by atoms with Crippen molar-refractivity contribution >= 4 is 10.1 Å². The van der Waals surface area contributed by atoms with E-state index in [4.69, 9.17) is 51.9 Å². The van der Waals surface area contributed by atoms with E-state index in [-0.39, 0.29) is 18.8 Å². The Morgan fingerprint density at radius 1 is 0.283 bits per heavy atom. The zero-order valence-corrected chi connectivity index (χ0v) is 34.4. The number of unbranched alkanes of at least 4 members (excludes halogenated alkanes) is 15. The van der Waals surface area contributed by atoms with Gasteiger partial charge < -0.3 is 47.4 Å². The van der Waals surface area contributed by atoms with E-state index >= 15 is 0 Å². The number of ether oxygens (including phenoxy) is 10. The molecule has 0 aromatic rings. The van der Waals surface area contributed by atoms with Crippen LogP contribution in [0.15, 0.2) is 0 Å². The highest BCUT2D eigenvalue weighted by Crippen LogP contribution is 2.13. The third-order valence-electron chi connectivity index (χ3n) is 8.18. The molecule has 0 unspecified atom stereocenters. The highest BCUT2D eigenvalue weighted by molar-refractivity contribution is 7.85. The fourth-order valence-corrected chi connectivity index (χ4v) is 5.66. The Morgan fingerprint density at radius 3 is 0.698 bits per heavy atom. The molecule has 0 saturated heterocycles. The van der Waals surface area contributed by atoms with Gasteiger partial charge in [0.2, 0.25) is 0 Å². The van der Waals surface area contributed by atoms with Gasteiger partial charge in [-0.25, -0.2) is 0 Å². The van der Waals surface area contributed by atoms with E-state index < -0.39 is 10.1 Å². The van der Waals surface area contributed by atoms with Gasteiger partial charge in [0.15, 0.2) is 0 Å². The number of rotatable bonds is 48. The van der Waals surface area contributed by atoms with Crippen LogP contribution in [-0.2, 0) is 57.5 Å². The van der Waals surface area contributed by atoms with Gasteiger partial charge in [0.1, 0.15) is 0 Å². The molecule has 53 heavy (non-hydrogen) atoms. The molecule has 0 heterocycles. The molecule has 0 spiro atoms. The normalized spacial score (nSPS) is 12.0. The lowest BCUT2D eigenvalue weighted by atomic mass is 10.0. The second kappa shape index (κ2) is 45.9. The molecule has 13 nitrogen and oxygen atoms in total. The Kier molecular flexibility index (Phi) is 45.5. The molecule has 0 fully saturated rings. The van der Waals surface area contributed by atoms with Gasteiger partial charge in [0.25, 0.3) is 10.1 Å². The van der Waals surface area contributed by atoms with Crippen molar-refractivity contribution < 1.29 is 60.3 Å². The first-order chi connectivity index (χ1) is 26.1. The summed E-state index contributed by atoms with van der Waals surface area (Å²) in [5, 5.41) is 0. The lowest BCUT2D eigenvalue weighted by Gasteiger charge is -2.09. The summed E-state index contributed by atoms with van der Waals surface area (Å²) in [7, 11) is -3.92. The van der Waals surface area contributed by atoms with Crippen LogP contribution in [0.2, 0.25) is 0 Å². The topological polar surface area (TPSA) is 147 Å². The van der Waals surface area contributed by atoms with Gasteiger partial charge in [-0.3, -0.25) is 4.55 Å². The van der Waals surface area contributed by atoms with Crippen molar-refractivity contribution in [3.63, 3.8) is 0 Å². The fourth-order valence-electron chi connectivity index (χ4n) is 5.18. The van der Waals surface area contributed by atoms with Crippen molar-refractivity contribution in [2.24, 2.45) is 0 Å². The smallest absolute Gasteiger partial charge is 0.264 e. The third kappa shape index (κ3) is 51.5. The van der Waals surface area contributed by atoms with Crippen LogP contribution >= 0.6 is 0 Å². The summed E-state index contributed by atoms with van der Waals surface area (Å²) in [5.74, 6) is -0.300. The van der Waals surface area contributed by atoms with Gasteiger partial charge in [-0.15, -0.1) is 0 Å². The second-order valence-corrected chi connectivity index (χ2v) is 14.6. The van der Waals surface area contributed by atoms with E-state index in [0.29, 0.717) is 119 Å². The molecule has 320 valence electrons. The molecule has 14 heteroatoms. The quantitative estimate of drug-likeness (QED) is 0.0517. The Morgan fingerprint density at radius 2 is 0.472 bits per heavy atom. The molecule has 0 rings (SSSR count). The summed E-state index contributed by atoms with van der Waals surface area (Å²) in [6, 6.07) is 0. The molecule has 0 radical (unpaired) electrons. The van der Waals surface area contributed by atoms with E-state index in [1.165, 1.54) is 96.3 Å². The fraction of sp³-hybridized carbons (Fsp3) is 1.00. The molecule has 0 bridgehead atoms. The number of hydrogen-bond donors (Lipinski definition) is 1. The van der Waals surface area contributed by atoms with Gasteiger partial charge >= 0.3 is 0 Å². The maximum atomic E-state index is 10.6. The molecule has 0 aliphatic carbocycles. The maximum absolute atomic E-state index is 10.6. The van der Waals surface area contributed by atoms with Crippen molar-refractivity contribution in [3.05, 3.63) is 0 Å². The molecule has 0 amide bonds. The second-order valence-electron chi connectivity index (χ2n) is 13.1. The molecular formula is C39H80O13S. The first-order valence-electron chi connectivity index (χ1n) is 20.8. The Labute approximate surface area is 323 Å². The van der Waals surface area contributed by atoms with E-state index in [0.717, 1.165) is 13.0 Å². The van der Waals surface area contributed by atoms with Gasteiger partial charge in [-0.05, 0) is 12.8 Å². The predicted octanol–water partition coefficient (Wildman–Crippen LogP) is 6.69. The molecule has 1 N–H and O–H groups in total. The van der Waals surface area contributed by atoms with Crippen molar-refractivity contribution in [3.8, 4) is 0 Å². The van der Waals surface area contributed by atoms with Gasteiger partial charge in [0, 0.05) is 13.2 Å². The highest BCUT2D eigenvalue weighted by atomic mass is 32.2. The summed E-state index contributed by atoms with van der Waals surface area (Å²) in [6.07, 6.45) is 22.4. The van der Waals surface area contributed by atoms with Crippen LogP contribution < -0.4 is 0 Å². The zero-order chi connectivity index (χ0) is 38.4. The van der Waals surface area contributed by atoms with E-state index in [1.54, 1.807) is 0 Å². The van der Waals surface area contributed by atoms with Crippen molar-refractivity contribution in [2.75, 3.05) is 138 Å². The average molecular weight is 789 g/mol. The molecule has 0 atom stereocenters. The van der Waals surface area contributed by atoms with E-state index in [2.05, 4.69) is 6.92 Å². The largest absolute Gasteiger partial charge is 0.379 e. The van der Waals surface area contributed by atoms with Crippen LogP contribution in [0.4, 0.5) is 0 Å². The lowest BCUT2D eigenvalue weighted by Crippen LogP contribution is -2.15. The highest BCUT2D eigenvalue weighted by Gasteiger charge is 2.03. The minimum Gasteiger partial charge on any atom is -0.379 e. The van der Waals surface area contributed by atoms with Crippen LogP contribution in [0.3, 0.4) is 0 Å². The van der Waals surface area contributed by atoms with Crippen LogP contribution in [0.5, 0.6) is 0 Å². The standard InChI is InChI=1S/C39H80O13S/c1-2-3-4-5-6-7-8-9-10-11-12-13-14-15-16-17-19-43-21-23-45-25-27-47-29-31-49-33-35-51-37-38-52-36-34-50-32-30-48-28-26-46-24-22-44-20-18-39-53(40,41)42/h2-39H2,1H3,(H,40,41,42). The van der Waals surface area contributed by atoms with Crippen LogP contribution in [-0.4, -0.2) is 151 Å². The Hall–Kier alpha value is -0.490. The van der Waals surface area contributed by atoms with E-state index in [9.17, 15) is 8.42 Å². The summed E-state index contributed by atoms with van der Waals surface area (Å²) < 4.78 is 84.5. The summed E-state index contributed by atoms with van der Waals surface area (Å²) in [6.45, 7) is 12.3. The van der Waals surface area contributed by atoms with Gasteiger partial charge in [-0.2, -0.15) is 8.42 Å². The Bertz CT molecular complexity index is 776. The molecule has 0 aliphatic rings. The average Bonchev–Trinajstić information content (AvgIpc) is 3.14. The summed E-state index contributed by atoms with van der Waals surface area (Å²) >= 11 is 0. The van der Waals surface area contributed by atoms with Crippen molar-refractivity contribution in [1.82, 2.24) is 0 Å². The molecule has 0 aliphatic heterocycles. The lowest BCUT2D eigenvalue weighted by molar-refractivity contribution is -0.0264. The molecule has 0 aromatic carbocycles. The van der Waals surface area contributed by atoms with Crippen LogP contribution in [0, 0.1) is 0 Å². The molecule has 0 saturated carbocycles. The number of hydrogen-bond acceptors (Lipinski definition) is 12. The van der Waals surface area contributed by atoms with Crippen molar-refractivity contribution in [1.29, 1.82) is 0 Å². The van der Waals surface area contributed by atoms with Gasteiger partial charge in [0.05, 0.1) is 125 Å². The SMILES string of the molecule is CCCCCCCCCCCCCCCCCCOCCOCCOCCOCCOCCOCCOCCOCCOCCOCCCS(=O)(=O)O. The van der Waals surface area contributed by atoms with Crippen molar-refractivity contribution in [2.45, 2.75) is 116 Å². The zero-order valence-electron chi connectivity index (χ0n) is 33.6. The minimum absolute atomic E-state index is 0.251. The van der Waals surface area contributed by atoms with E-state index in [1.807, 2.05) is 0 Å². The van der Waals surface area contributed by atoms with Crippen LogP contribution in [0.25, 0.3) is 0 Å². The summed E-state index contributed by atoms with van der Waals surface area (Å²) in [4.78, 5) is 0.